The van der Waals surface area contributed by atoms with Crippen LogP contribution in [0.15, 0.2) is 17.8 Å². The van der Waals surface area contributed by atoms with Crippen molar-refractivity contribution in [3.8, 4) is 0 Å². The monoisotopic (exact) mass is 288 g/mol. The topological polar surface area (TPSA) is 83.0 Å². The number of fused-ring (bicyclic) bond motifs is 1. The number of ether oxygens (including phenoxy) is 1. The zero-order valence-corrected chi connectivity index (χ0v) is 12.8. The summed E-state index contributed by atoms with van der Waals surface area (Å²) in [4.78, 5) is 16.4. The molecule has 0 amide bonds. The summed E-state index contributed by atoms with van der Waals surface area (Å²) < 4.78 is 6.79. The van der Waals surface area contributed by atoms with Crippen LogP contribution in [-0.4, -0.2) is 27.3 Å². The lowest BCUT2D eigenvalue weighted by molar-refractivity contribution is 0.0526. The summed E-state index contributed by atoms with van der Waals surface area (Å²) in [5, 5.41) is 4.97. The van der Waals surface area contributed by atoms with Gasteiger partial charge in [0.2, 0.25) is 0 Å². The van der Waals surface area contributed by atoms with Crippen LogP contribution in [0.2, 0.25) is 0 Å². The molecule has 112 valence electrons. The molecule has 2 heterocycles. The van der Waals surface area contributed by atoms with Crippen LogP contribution in [0.4, 0.5) is 5.69 Å². The van der Waals surface area contributed by atoms with Crippen molar-refractivity contribution in [1.29, 1.82) is 0 Å². The molecular formula is C15H20N4O2. The molecule has 2 rings (SSSR count). The van der Waals surface area contributed by atoms with Gasteiger partial charge in [-0.1, -0.05) is 11.6 Å². The first kappa shape index (κ1) is 15.0. The standard InChI is InChI=1S/C15H20N4O2/c1-5-21-15(20)12-10(4)18-14-11(13(12)16)8-17-19(14)7-6-9(2)3/h6,8H,5,7H2,1-4H3,(H2,16,18). The van der Waals surface area contributed by atoms with Crippen molar-refractivity contribution in [2.24, 2.45) is 0 Å². The van der Waals surface area contributed by atoms with Gasteiger partial charge in [-0.05, 0) is 27.7 Å². The lowest BCUT2D eigenvalue weighted by Crippen LogP contribution is -2.12. The molecule has 0 fully saturated rings. The predicted molar refractivity (Wildman–Crippen MR) is 82.1 cm³/mol. The Bertz CT molecular complexity index is 712. The maximum atomic E-state index is 12.0. The second kappa shape index (κ2) is 5.95. The lowest BCUT2D eigenvalue weighted by atomic mass is 10.1. The van der Waals surface area contributed by atoms with Crippen molar-refractivity contribution in [2.45, 2.75) is 34.2 Å². The maximum absolute atomic E-state index is 12.0. The van der Waals surface area contributed by atoms with Crippen LogP contribution in [0.5, 0.6) is 0 Å². The van der Waals surface area contributed by atoms with Gasteiger partial charge >= 0.3 is 5.97 Å². The van der Waals surface area contributed by atoms with Crippen molar-refractivity contribution in [2.75, 3.05) is 12.3 Å². The second-order valence-corrected chi connectivity index (χ2v) is 5.05. The van der Waals surface area contributed by atoms with Crippen LogP contribution in [0.25, 0.3) is 11.0 Å². The molecule has 0 radical (unpaired) electrons. The van der Waals surface area contributed by atoms with Gasteiger partial charge in [-0.15, -0.1) is 0 Å². The molecule has 0 unspecified atom stereocenters. The van der Waals surface area contributed by atoms with E-state index in [0.29, 0.717) is 41.1 Å². The Kier molecular flexibility index (Phi) is 4.26. The number of nitrogens with zero attached hydrogens (tertiary/aromatic N) is 3. The van der Waals surface area contributed by atoms with Gasteiger partial charge in [-0.3, -0.25) is 0 Å². The number of esters is 1. The summed E-state index contributed by atoms with van der Waals surface area (Å²) in [6.07, 6.45) is 3.69. The third-order valence-electron chi connectivity index (χ3n) is 3.16. The third-order valence-corrected chi connectivity index (χ3v) is 3.16. The number of aryl methyl sites for hydroxylation is 1. The first-order valence-electron chi connectivity index (χ1n) is 6.87. The predicted octanol–water partition coefficient (Wildman–Crippen LogP) is 2.46. The van der Waals surface area contributed by atoms with E-state index in [1.807, 2.05) is 13.8 Å². The van der Waals surface area contributed by atoms with Gasteiger partial charge in [0, 0.05) is 0 Å². The Morgan fingerprint density at radius 2 is 2.19 bits per heavy atom. The molecule has 0 aliphatic carbocycles. The quantitative estimate of drug-likeness (QED) is 0.690. The normalized spacial score (nSPS) is 10.7. The zero-order valence-electron chi connectivity index (χ0n) is 12.8. The van der Waals surface area contributed by atoms with Gasteiger partial charge in [0.1, 0.15) is 5.56 Å². The number of nitrogen functional groups attached to an aromatic ring is 1. The van der Waals surface area contributed by atoms with Crippen molar-refractivity contribution in [1.82, 2.24) is 14.8 Å². The van der Waals surface area contributed by atoms with Gasteiger partial charge in [0.25, 0.3) is 0 Å². The van der Waals surface area contributed by atoms with E-state index in [4.69, 9.17) is 10.5 Å². The number of hydrogen-bond donors (Lipinski definition) is 1. The molecule has 6 heteroatoms. The van der Waals surface area contributed by atoms with Gasteiger partial charge in [0.15, 0.2) is 5.65 Å². The fourth-order valence-corrected chi connectivity index (χ4v) is 2.09. The van der Waals surface area contributed by atoms with Crippen LogP contribution < -0.4 is 5.73 Å². The minimum absolute atomic E-state index is 0.301. The van der Waals surface area contributed by atoms with Gasteiger partial charge in [-0.2, -0.15) is 5.10 Å². The van der Waals surface area contributed by atoms with E-state index in [-0.39, 0.29) is 0 Å². The maximum Gasteiger partial charge on any atom is 0.342 e. The van der Waals surface area contributed by atoms with Crippen molar-refractivity contribution in [3.63, 3.8) is 0 Å². The van der Waals surface area contributed by atoms with Crippen molar-refractivity contribution in [3.05, 3.63) is 29.1 Å². The molecule has 21 heavy (non-hydrogen) atoms. The fraction of sp³-hybridized carbons (Fsp3) is 0.400. The molecule has 0 saturated carbocycles. The number of hydrogen-bond acceptors (Lipinski definition) is 5. The third kappa shape index (κ3) is 2.89. The average Bonchev–Trinajstić information content (AvgIpc) is 2.79. The SMILES string of the molecule is CCOC(=O)c1c(C)nc2c(cnn2CC=C(C)C)c1N. The second-order valence-electron chi connectivity index (χ2n) is 5.05. The van der Waals surface area contributed by atoms with E-state index in [1.165, 1.54) is 5.57 Å². The minimum atomic E-state index is -0.445. The highest BCUT2D eigenvalue weighted by atomic mass is 16.5. The summed E-state index contributed by atoms with van der Waals surface area (Å²) in [7, 11) is 0. The van der Waals surface area contributed by atoms with Gasteiger partial charge in [-0.25, -0.2) is 14.5 Å². The van der Waals surface area contributed by atoms with Crippen LogP contribution in [-0.2, 0) is 11.3 Å². The van der Waals surface area contributed by atoms with E-state index < -0.39 is 5.97 Å². The van der Waals surface area contributed by atoms with Gasteiger partial charge in [0.05, 0.1) is 36.1 Å². The summed E-state index contributed by atoms with van der Waals surface area (Å²) in [5.41, 5.74) is 9.24. The average molecular weight is 288 g/mol. The van der Waals surface area contributed by atoms with Gasteiger partial charge < -0.3 is 10.5 Å². The Labute approximate surface area is 123 Å². The first-order valence-corrected chi connectivity index (χ1v) is 6.87. The van der Waals surface area contributed by atoms with Crippen LogP contribution in [0.1, 0.15) is 36.8 Å². The number of carbonyl (C=O) groups is 1. The van der Waals surface area contributed by atoms with Crippen LogP contribution in [0, 0.1) is 6.92 Å². The molecular weight excluding hydrogens is 268 g/mol. The smallest absolute Gasteiger partial charge is 0.342 e. The van der Waals surface area contributed by atoms with Crippen LogP contribution in [0.3, 0.4) is 0 Å². The first-order chi connectivity index (χ1) is 9.95. The number of rotatable bonds is 4. The lowest BCUT2D eigenvalue weighted by Gasteiger charge is -2.09. The highest BCUT2D eigenvalue weighted by molar-refractivity contribution is 6.04. The molecule has 6 nitrogen and oxygen atoms in total. The van der Waals surface area contributed by atoms with E-state index in [2.05, 4.69) is 16.2 Å². The molecule has 0 aromatic carbocycles. The number of allylic oxidation sites excluding steroid dienone is 2. The summed E-state index contributed by atoms with van der Waals surface area (Å²) in [6.45, 7) is 8.48. The molecule has 2 aromatic heterocycles. The Morgan fingerprint density at radius 3 is 2.81 bits per heavy atom. The fourth-order valence-electron chi connectivity index (χ4n) is 2.09. The molecule has 0 aliphatic heterocycles. The highest BCUT2D eigenvalue weighted by Gasteiger charge is 2.20. The number of nitrogens with two attached hydrogens (primary N) is 1. The molecule has 2 aromatic rings. The Balaban J connectivity index is 2.54. The van der Waals surface area contributed by atoms with Crippen LogP contribution >= 0.6 is 0 Å². The van der Waals surface area contributed by atoms with Crippen molar-refractivity contribution >= 4 is 22.7 Å². The zero-order chi connectivity index (χ0) is 15.6. The van der Waals surface area contributed by atoms with E-state index in [1.54, 1.807) is 24.7 Å². The highest BCUT2D eigenvalue weighted by Crippen LogP contribution is 2.26. The molecule has 0 atom stereocenters. The number of pyridine rings is 1. The van der Waals surface area contributed by atoms with Crippen molar-refractivity contribution < 1.29 is 9.53 Å². The Hall–Kier alpha value is -2.37. The summed E-state index contributed by atoms with van der Waals surface area (Å²) in [6, 6.07) is 0. The summed E-state index contributed by atoms with van der Waals surface area (Å²) in [5.74, 6) is -0.445. The molecule has 0 spiro atoms. The summed E-state index contributed by atoms with van der Waals surface area (Å²) >= 11 is 0. The van der Waals surface area contributed by atoms with E-state index in [9.17, 15) is 4.79 Å². The number of carbonyl (C=O) groups excluding carboxylic acids is 1. The molecule has 0 bridgehead atoms. The minimum Gasteiger partial charge on any atom is -0.462 e. The molecule has 0 aliphatic rings. The molecule has 2 N–H and O–H groups in total. The van der Waals surface area contributed by atoms with E-state index in [0.717, 1.165) is 0 Å². The number of anilines is 1. The molecule has 0 saturated heterocycles. The number of aromatic nitrogens is 3. The van der Waals surface area contributed by atoms with E-state index >= 15 is 0 Å². The largest absolute Gasteiger partial charge is 0.462 e. The Morgan fingerprint density at radius 1 is 1.48 bits per heavy atom.